The topological polar surface area (TPSA) is 171 Å². The number of hydrogen-bond acceptors (Lipinski definition) is 8. The zero-order valence-corrected chi connectivity index (χ0v) is 57.0. The van der Waals surface area contributed by atoms with Crippen molar-refractivity contribution in [1.82, 2.24) is 5.01 Å². The fraction of sp³-hybridized carbons (Fsp3) is 0.186. The number of nitrogens with zero attached hydrogens (tertiary/aromatic N) is 1. The van der Waals surface area contributed by atoms with E-state index in [2.05, 4.69) is 243 Å². The normalized spacial score (nSPS) is 11.0. The molecule has 8 aromatic carbocycles. The monoisotopic (exact) mass is 1680 g/mol. The maximum absolute atomic E-state index is 10.7. The van der Waals surface area contributed by atoms with Gasteiger partial charge in [0.05, 0.1) is 104 Å². The first kappa shape index (κ1) is 80.7. The Bertz CT molecular complexity index is 2610. The summed E-state index contributed by atoms with van der Waals surface area (Å²) in [6.45, 7) is 0. The fourth-order valence-corrected chi connectivity index (χ4v) is 19.0. The average Bonchev–Trinajstić information content (AvgIpc) is 3.60. The minimum atomic E-state index is -6.09. The predicted molar refractivity (Wildman–Crippen MR) is 339 cm³/mol. The van der Waals surface area contributed by atoms with E-state index >= 15 is 0 Å². The average molecular weight is 1680 g/mol. The molecule has 0 bridgehead atoms. The summed E-state index contributed by atoms with van der Waals surface area (Å²) in [7, 11) is -11.8. The van der Waals surface area contributed by atoms with Gasteiger partial charge in [0.25, 0.3) is 0 Å². The van der Waals surface area contributed by atoms with Crippen molar-refractivity contribution in [2.24, 2.45) is 0 Å². The first-order chi connectivity index (χ1) is 38.5. The largest absolute Gasteiger partial charge is 2.00 e. The van der Waals surface area contributed by atoms with Crippen LogP contribution in [-0.4, -0.2) is 91.5 Å². The van der Waals surface area contributed by atoms with Crippen LogP contribution in [0.15, 0.2) is 243 Å². The Morgan fingerprint density at radius 1 is 0.369 bits per heavy atom. The summed E-state index contributed by atoms with van der Waals surface area (Å²) in [4.78, 5) is 0. The molecule has 0 unspecified atom stereocenters. The number of alkyl halides is 8. The number of nitrogens with one attached hydrogen (secondary N) is 1. The van der Waals surface area contributed by atoms with E-state index in [1.165, 1.54) is 84.9 Å². The Labute approximate surface area is 534 Å². The van der Waals surface area contributed by atoms with E-state index < -0.39 is 62.9 Å². The summed E-state index contributed by atoms with van der Waals surface area (Å²) in [6, 6.07) is 89.1. The first-order valence-corrected chi connectivity index (χ1v) is 35.6. The number of rotatable bonds is 16. The Morgan fingerprint density at radius 2 is 0.464 bits per heavy atom. The van der Waals surface area contributed by atoms with Gasteiger partial charge in [0.1, 0.15) is 0 Å². The summed E-state index contributed by atoms with van der Waals surface area (Å²) >= 11 is 9.53. The van der Waals surface area contributed by atoms with Gasteiger partial charge in [-0.25, -0.2) is 16.8 Å². The van der Waals surface area contributed by atoms with E-state index in [1.807, 2.05) is 0 Å². The van der Waals surface area contributed by atoms with Gasteiger partial charge in [-0.2, -0.15) is 26.3 Å². The molecule has 0 atom stereocenters. The van der Waals surface area contributed by atoms with Crippen LogP contribution in [0, 0.1) is 0 Å². The van der Waals surface area contributed by atoms with Gasteiger partial charge >= 0.3 is 53.1 Å². The SMILES string of the molecule is CN(C)[NH-].ClCCl.O=S(=O)([O-])C(F)(F)F.O=S(=O)([O-])C(F)(F)F.[OH-].[Pt+2].[Pt+2].c1ccc([PH+](CCC[PH+](c2ccccc2)c2ccccc2)c2ccccc2)cc1.c1ccc([PH+](CCC[PH+](c2ccccc2)c2ccccc2)c2ccccc2)cc1. The van der Waals surface area contributed by atoms with E-state index in [4.69, 9.17) is 55.0 Å². The summed E-state index contributed by atoms with van der Waals surface area (Å²) in [6.07, 6.45) is 7.68. The Morgan fingerprint density at radius 3 is 0.548 bits per heavy atom. The molecular formula is C59H66Cl2F6N2O7P4Pt2S2+4. The van der Waals surface area contributed by atoms with Crippen LogP contribution >= 0.6 is 54.9 Å². The third-order valence-electron chi connectivity index (χ3n) is 11.3. The van der Waals surface area contributed by atoms with Gasteiger partial charge in [-0.15, -0.1) is 23.2 Å². The van der Waals surface area contributed by atoms with Crippen molar-refractivity contribution < 1.29 is 99.9 Å². The zero-order valence-electron chi connectivity index (χ0n) is 45.4. The van der Waals surface area contributed by atoms with E-state index in [0.717, 1.165) is 0 Å². The van der Waals surface area contributed by atoms with Crippen molar-refractivity contribution in [3.8, 4) is 0 Å². The second-order valence-corrected chi connectivity index (χ2v) is 31.3. The van der Waals surface area contributed by atoms with Crippen molar-refractivity contribution in [3.63, 3.8) is 0 Å². The quantitative estimate of drug-likeness (QED) is 0.0230. The van der Waals surface area contributed by atoms with E-state index in [9.17, 15) is 26.3 Å². The molecule has 0 saturated heterocycles. The number of hydrogen-bond donors (Lipinski definition) is 0. The maximum atomic E-state index is 10.7. The molecule has 8 aromatic rings. The van der Waals surface area contributed by atoms with Crippen LogP contribution in [0.4, 0.5) is 26.3 Å². The molecular weight excluding hydrogens is 1610 g/mol. The van der Waals surface area contributed by atoms with Crippen LogP contribution in [0.3, 0.4) is 0 Å². The molecule has 2 N–H and O–H groups in total. The second-order valence-electron chi connectivity index (χ2n) is 17.3. The predicted octanol–water partition coefficient (Wildman–Crippen LogP) is 12.1. The minimum absolute atomic E-state index is 0. The van der Waals surface area contributed by atoms with Gasteiger partial charge in [0.2, 0.25) is 0 Å². The molecule has 25 heteroatoms. The molecule has 0 aliphatic rings. The Balaban J connectivity index is 0.00000117. The molecule has 0 amide bonds. The smallest absolute Gasteiger partial charge is 0.870 e. The fourth-order valence-electron chi connectivity index (χ4n) is 7.82. The molecule has 0 aliphatic heterocycles. The molecule has 0 heterocycles. The molecule has 458 valence electrons. The third-order valence-corrected chi connectivity index (χ3v) is 24.0. The first-order valence-electron chi connectivity index (χ1n) is 24.9. The Kier molecular flexibility index (Phi) is 41.7. The third kappa shape index (κ3) is 31.6. The molecule has 0 saturated carbocycles. The Hall–Kier alpha value is -3.28. The van der Waals surface area contributed by atoms with Gasteiger partial charge in [-0.1, -0.05) is 146 Å². The molecule has 0 radical (unpaired) electrons. The van der Waals surface area contributed by atoms with Crippen LogP contribution in [0.25, 0.3) is 5.84 Å². The summed E-state index contributed by atoms with van der Waals surface area (Å²) in [5.74, 6) is 6.42. The number of halogens is 8. The van der Waals surface area contributed by atoms with Crippen LogP contribution < -0.4 is 42.4 Å². The van der Waals surface area contributed by atoms with Gasteiger partial charge in [-0.05, 0) is 111 Å². The van der Waals surface area contributed by atoms with Crippen molar-refractivity contribution >= 4 is 118 Å². The molecule has 0 aliphatic carbocycles. The zero-order chi connectivity index (χ0) is 59.7. The van der Waals surface area contributed by atoms with Gasteiger partial charge in [0, 0.05) is 12.8 Å². The summed E-state index contributed by atoms with van der Waals surface area (Å²) in [5.41, 5.74) is -11.3. The molecule has 8 rings (SSSR count). The molecule has 0 fully saturated rings. The van der Waals surface area contributed by atoms with E-state index in [1.54, 1.807) is 14.1 Å². The van der Waals surface area contributed by atoms with Crippen molar-refractivity contribution in [2.75, 3.05) is 44.1 Å². The molecule has 9 nitrogen and oxygen atoms in total. The molecule has 0 spiro atoms. The minimum Gasteiger partial charge on any atom is -0.870 e. The van der Waals surface area contributed by atoms with Crippen LogP contribution in [0.5, 0.6) is 0 Å². The van der Waals surface area contributed by atoms with Crippen LogP contribution in [-0.2, 0) is 62.4 Å². The van der Waals surface area contributed by atoms with Crippen molar-refractivity contribution in [2.45, 2.75) is 23.9 Å². The van der Waals surface area contributed by atoms with E-state index in [0.29, 0.717) is 0 Å². The number of benzene rings is 8. The van der Waals surface area contributed by atoms with Gasteiger partial charge in [-0.3, -0.25) is 0 Å². The molecule has 0 aromatic heterocycles. The standard InChI is InChI=1S/2C27H26P2.C2H7N2.CH2Cl2.2CHF3O3S.H2O.2Pt/c2*1-5-14-24(15-6-1)28(25-16-7-2-8-17-25)22-13-23-29(26-18-9-3-10-19-26)27-20-11-4-12-21-27;1-4(2)3;2-1-3;2*2-1(3,4)8(5,6)7;;;/h2*1-12,14-21H,13,22-23H2;3H,1-2H3;1H2;2*(H,5,6,7);1H2;;/q;;-1;;;;;2*+2/p+1. The van der Waals surface area contributed by atoms with Crippen molar-refractivity contribution in [1.29, 1.82) is 0 Å². The summed E-state index contributed by atoms with van der Waals surface area (Å²) in [5, 5.41) is 13.6. The van der Waals surface area contributed by atoms with Crippen LogP contribution in [0.2, 0.25) is 0 Å². The van der Waals surface area contributed by atoms with Crippen molar-refractivity contribution in [3.05, 3.63) is 248 Å². The van der Waals surface area contributed by atoms with E-state index in [-0.39, 0.29) is 52.9 Å². The van der Waals surface area contributed by atoms with Gasteiger partial charge < -0.3 is 25.4 Å². The maximum Gasteiger partial charge on any atom is 2.00 e. The van der Waals surface area contributed by atoms with Crippen LogP contribution in [0.1, 0.15) is 12.8 Å². The van der Waals surface area contributed by atoms with Gasteiger partial charge in [0.15, 0.2) is 20.2 Å². The second kappa shape index (κ2) is 43.4. The molecule has 84 heavy (non-hydrogen) atoms. The summed E-state index contributed by atoms with van der Waals surface area (Å²) < 4.78 is 118.